The van der Waals surface area contributed by atoms with E-state index in [1.807, 2.05) is 24.6 Å². The summed E-state index contributed by atoms with van der Waals surface area (Å²) in [7, 11) is 2.00. The molecule has 2 aromatic rings. The Labute approximate surface area is 173 Å². The largest absolute Gasteiger partial charge is 0.352 e. The Bertz CT molecular complexity index is 808. The summed E-state index contributed by atoms with van der Waals surface area (Å²) in [6.45, 7) is 5.54. The van der Waals surface area contributed by atoms with Gasteiger partial charge in [-0.25, -0.2) is 4.99 Å². The lowest BCUT2D eigenvalue weighted by atomic mass is 10.2. The Balaban J connectivity index is 1.39. The van der Waals surface area contributed by atoms with E-state index in [2.05, 4.69) is 50.0 Å². The topological polar surface area (TPSA) is 70.4 Å². The van der Waals surface area contributed by atoms with Crippen LogP contribution in [0.3, 0.4) is 0 Å². The molecular formula is C22H33N7. The fraction of sp³-hybridized carbons (Fsp3) is 0.591. The molecule has 1 atom stereocenters. The van der Waals surface area contributed by atoms with Crippen molar-refractivity contribution in [1.82, 2.24) is 30.3 Å². The molecule has 1 saturated carbocycles. The van der Waals surface area contributed by atoms with Crippen LogP contribution in [0.2, 0.25) is 0 Å². The molecule has 1 aliphatic carbocycles. The first-order chi connectivity index (χ1) is 14.2. The number of aryl methyl sites for hydroxylation is 1. The molecule has 7 nitrogen and oxygen atoms in total. The monoisotopic (exact) mass is 395 g/mol. The molecule has 1 unspecified atom stereocenters. The van der Waals surface area contributed by atoms with Gasteiger partial charge in [0, 0.05) is 32.2 Å². The van der Waals surface area contributed by atoms with E-state index in [0.717, 1.165) is 30.2 Å². The lowest BCUT2D eigenvalue weighted by Crippen LogP contribution is -2.45. The molecule has 29 heavy (non-hydrogen) atoms. The van der Waals surface area contributed by atoms with E-state index in [-0.39, 0.29) is 0 Å². The molecule has 1 aliphatic heterocycles. The zero-order chi connectivity index (χ0) is 20.1. The average Bonchev–Trinajstić information content (AvgIpc) is 3.48. The second kappa shape index (κ2) is 9.39. The Morgan fingerprint density at radius 1 is 1.14 bits per heavy atom. The van der Waals surface area contributed by atoms with Crippen molar-refractivity contribution in [2.24, 2.45) is 12.0 Å². The molecule has 0 amide bonds. The number of aromatic nitrogens is 3. The number of nitrogens with one attached hydrogen (secondary N) is 2. The van der Waals surface area contributed by atoms with Gasteiger partial charge >= 0.3 is 0 Å². The normalized spacial score (nSPS) is 21.0. The Hall–Kier alpha value is -2.41. The number of aliphatic imine (C=N–C) groups is 1. The highest BCUT2D eigenvalue weighted by atomic mass is 15.3. The van der Waals surface area contributed by atoms with Crippen molar-refractivity contribution >= 4 is 5.96 Å². The van der Waals surface area contributed by atoms with E-state index in [4.69, 9.17) is 4.99 Å². The highest BCUT2D eigenvalue weighted by molar-refractivity contribution is 5.80. The van der Waals surface area contributed by atoms with E-state index in [0.29, 0.717) is 19.1 Å². The van der Waals surface area contributed by atoms with Gasteiger partial charge in [-0.2, -0.15) is 0 Å². The lowest BCUT2D eigenvalue weighted by molar-refractivity contribution is 0.242. The van der Waals surface area contributed by atoms with Crippen molar-refractivity contribution in [3.8, 4) is 0 Å². The van der Waals surface area contributed by atoms with E-state index >= 15 is 0 Å². The first kappa shape index (κ1) is 19.9. The fourth-order valence-electron chi connectivity index (χ4n) is 4.37. The molecule has 7 heteroatoms. The quantitative estimate of drug-likeness (QED) is 0.580. The minimum absolute atomic E-state index is 0.443. The van der Waals surface area contributed by atoms with Crippen LogP contribution in [0.15, 0.2) is 35.3 Å². The number of likely N-dealkylation sites (tertiary alicyclic amines) is 1. The molecule has 1 aromatic carbocycles. The predicted molar refractivity (Wildman–Crippen MR) is 116 cm³/mol. The molecule has 1 saturated heterocycles. The molecule has 4 rings (SSSR count). The van der Waals surface area contributed by atoms with Gasteiger partial charge in [0.15, 0.2) is 11.8 Å². The van der Waals surface area contributed by atoms with Crippen molar-refractivity contribution in [3.05, 3.63) is 47.5 Å². The second-order valence-corrected chi connectivity index (χ2v) is 8.29. The molecule has 0 bridgehead atoms. The zero-order valence-electron chi connectivity index (χ0n) is 17.6. The summed E-state index contributed by atoms with van der Waals surface area (Å²) in [5.41, 5.74) is 1.21. The van der Waals surface area contributed by atoms with Crippen LogP contribution in [0, 0.1) is 6.92 Å². The van der Waals surface area contributed by atoms with E-state index in [1.54, 1.807) is 0 Å². The van der Waals surface area contributed by atoms with Crippen LogP contribution in [0.1, 0.15) is 49.3 Å². The Morgan fingerprint density at radius 3 is 2.66 bits per heavy atom. The lowest BCUT2D eigenvalue weighted by Gasteiger charge is -2.24. The summed E-state index contributed by atoms with van der Waals surface area (Å²) in [5.74, 6) is 2.68. The fourth-order valence-corrected chi connectivity index (χ4v) is 4.37. The van der Waals surface area contributed by atoms with Gasteiger partial charge in [-0.15, -0.1) is 10.2 Å². The number of rotatable bonds is 6. The molecular weight excluding hydrogens is 362 g/mol. The molecule has 2 N–H and O–H groups in total. The molecule has 2 aliphatic rings. The molecule has 2 fully saturated rings. The number of nitrogens with zero attached hydrogens (tertiary/aromatic N) is 5. The van der Waals surface area contributed by atoms with Crippen LogP contribution in [-0.2, 0) is 20.1 Å². The Kier molecular flexibility index (Phi) is 6.44. The van der Waals surface area contributed by atoms with Crippen LogP contribution in [0.25, 0.3) is 0 Å². The molecule has 0 spiro atoms. The minimum Gasteiger partial charge on any atom is -0.352 e. The third-order valence-electron chi connectivity index (χ3n) is 6.26. The molecule has 2 heterocycles. The maximum Gasteiger partial charge on any atom is 0.192 e. The van der Waals surface area contributed by atoms with Gasteiger partial charge in [0.1, 0.15) is 5.82 Å². The van der Waals surface area contributed by atoms with Crippen LogP contribution >= 0.6 is 0 Å². The minimum atomic E-state index is 0.443. The highest BCUT2D eigenvalue weighted by Gasteiger charge is 2.30. The summed E-state index contributed by atoms with van der Waals surface area (Å²) in [6, 6.07) is 11.6. The van der Waals surface area contributed by atoms with Crippen LogP contribution in [0.4, 0.5) is 0 Å². The summed E-state index contributed by atoms with van der Waals surface area (Å²) < 4.78 is 2.01. The van der Waals surface area contributed by atoms with Crippen molar-refractivity contribution in [2.45, 2.75) is 64.2 Å². The van der Waals surface area contributed by atoms with Gasteiger partial charge in [-0.3, -0.25) is 4.90 Å². The smallest absolute Gasteiger partial charge is 0.192 e. The maximum absolute atomic E-state index is 4.85. The molecule has 0 radical (unpaired) electrons. The van der Waals surface area contributed by atoms with Gasteiger partial charge < -0.3 is 15.2 Å². The number of benzene rings is 1. The van der Waals surface area contributed by atoms with Gasteiger partial charge in [0.05, 0.1) is 13.1 Å². The van der Waals surface area contributed by atoms with Gasteiger partial charge in [-0.1, -0.05) is 43.2 Å². The van der Waals surface area contributed by atoms with E-state index in [1.165, 1.54) is 44.2 Å². The zero-order valence-corrected chi connectivity index (χ0v) is 17.6. The van der Waals surface area contributed by atoms with Crippen molar-refractivity contribution in [2.75, 3.05) is 13.1 Å². The molecule has 156 valence electrons. The van der Waals surface area contributed by atoms with Gasteiger partial charge in [0.25, 0.3) is 0 Å². The van der Waals surface area contributed by atoms with Crippen LogP contribution < -0.4 is 10.6 Å². The number of hydrogen-bond donors (Lipinski definition) is 2. The van der Waals surface area contributed by atoms with Crippen LogP contribution in [-0.4, -0.2) is 50.8 Å². The first-order valence-electron chi connectivity index (χ1n) is 10.9. The van der Waals surface area contributed by atoms with Gasteiger partial charge in [0.2, 0.25) is 0 Å². The standard InChI is InChI=1S/C22H33N7/c1-17-26-27-21(28(17)2)15-24-22(23-14-18-8-4-3-5-9-18)25-19-12-13-29(16-19)20-10-6-7-11-20/h3-5,8-9,19-20H,6-7,10-16H2,1-2H3,(H2,23,24,25). The van der Waals surface area contributed by atoms with Crippen LogP contribution in [0.5, 0.6) is 0 Å². The van der Waals surface area contributed by atoms with Crippen molar-refractivity contribution in [3.63, 3.8) is 0 Å². The number of hydrogen-bond acceptors (Lipinski definition) is 4. The second-order valence-electron chi connectivity index (χ2n) is 8.29. The van der Waals surface area contributed by atoms with Crippen molar-refractivity contribution in [1.29, 1.82) is 0 Å². The Morgan fingerprint density at radius 2 is 1.93 bits per heavy atom. The third kappa shape index (κ3) is 5.15. The maximum atomic E-state index is 4.85. The highest BCUT2D eigenvalue weighted by Crippen LogP contribution is 2.26. The number of guanidine groups is 1. The van der Waals surface area contributed by atoms with Crippen molar-refractivity contribution < 1.29 is 0 Å². The molecule has 1 aromatic heterocycles. The summed E-state index contributed by atoms with van der Waals surface area (Å²) in [4.78, 5) is 7.52. The van der Waals surface area contributed by atoms with Gasteiger partial charge in [-0.05, 0) is 31.7 Å². The summed E-state index contributed by atoms with van der Waals surface area (Å²) >= 11 is 0. The predicted octanol–water partition coefficient (Wildman–Crippen LogP) is 2.38. The summed E-state index contributed by atoms with van der Waals surface area (Å²) in [5, 5.41) is 15.6. The summed E-state index contributed by atoms with van der Waals surface area (Å²) in [6.07, 6.45) is 6.69. The van der Waals surface area contributed by atoms with E-state index in [9.17, 15) is 0 Å². The van der Waals surface area contributed by atoms with E-state index < -0.39 is 0 Å². The first-order valence-corrected chi connectivity index (χ1v) is 10.9. The SMILES string of the molecule is Cc1nnc(CNC(=NCc2ccccc2)NC2CCN(C3CCCC3)C2)n1C. The third-order valence-corrected chi connectivity index (χ3v) is 6.26. The average molecular weight is 396 g/mol.